The average Bonchev–Trinajstić information content (AvgIpc) is 1.82. The van der Waals surface area contributed by atoms with Gasteiger partial charge < -0.3 is 5.32 Å². The van der Waals surface area contributed by atoms with E-state index in [0.717, 1.165) is 0 Å². The van der Waals surface area contributed by atoms with Gasteiger partial charge in [0.15, 0.2) is 6.17 Å². The molecule has 1 rings (SSSR count). The van der Waals surface area contributed by atoms with Crippen molar-refractivity contribution in [2.24, 2.45) is 0 Å². The first kappa shape index (κ1) is 9.31. The number of hydrogen-bond acceptors (Lipinski definition) is 2. The molecule has 6 heteroatoms. The van der Waals surface area contributed by atoms with Crippen molar-refractivity contribution >= 4 is 5.91 Å². The number of amides is 1. The van der Waals surface area contributed by atoms with Crippen molar-refractivity contribution < 1.29 is 18.0 Å². The predicted octanol–water partition coefficient (Wildman–Crippen LogP) is 0.373. The third kappa shape index (κ3) is 2.10. The van der Waals surface area contributed by atoms with Crippen molar-refractivity contribution in [2.75, 3.05) is 0 Å². The van der Waals surface area contributed by atoms with E-state index in [1.54, 1.807) is 0 Å². The van der Waals surface area contributed by atoms with Crippen LogP contribution < -0.4 is 10.6 Å². The summed E-state index contributed by atoms with van der Waals surface area (Å²) < 4.78 is 36.0. The van der Waals surface area contributed by atoms with Gasteiger partial charge in [-0.25, -0.2) is 0 Å². The molecule has 1 aliphatic heterocycles. The molecule has 0 aliphatic carbocycles. The molecule has 70 valence electrons. The molecular weight excluding hydrogens is 173 g/mol. The third-order valence-corrected chi connectivity index (χ3v) is 1.58. The quantitative estimate of drug-likeness (QED) is 0.568. The van der Waals surface area contributed by atoms with Crippen molar-refractivity contribution in [1.82, 2.24) is 10.6 Å². The zero-order valence-electron chi connectivity index (χ0n) is 6.40. The standard InChI is InChI=1S/C6H9F3N2O/c1-3-2-4(12)11-5(10-3)6(7,8)9/h3,5,10H,2H2,1H3,(H,11,12). The van der Waals surface area contributed by atoms with Crippen LogP contribution in [0.3, 0.4) is 0 Å². The minimum atomic E-state index is -4.41. The lowest BCUT2D eigenvalue weighted by atomic mass is 10.1. The van der Waals surface area contributed by atoms with Crippen LogP contribution in [-0.4, -0.2) is 24.3 Å². The molecule has 1 fully saturated rings. The molecule has 1 aliphatic rings. The molecule has 1 saturated heterocycles. The van der Waals surface area contributed by atoms with Crippen LogP contribution in [0.25, 0.3) is 0 Å². The van der Waals surface area contributed by atoms with E-state index in [4.69, 9.17) is 0 Å². The summed E-state index contributed by atoms with van der Waals surface area (Å²) in [6, 6.07) is -0.426. The van der Waals surface area contributed by atoms with Crippen molar-refractivity contribution in [3.05, 3.63) is 0 Å². The highest BCUT2D eigenvalue weighted by Gasteiger charge is 2.43. The molecule has 2 N–H and O–H groups in total. The van der Waals surface area contributed by atoms with Crippen LogP contribution in [0, 0.1) is 0 Å². The van der Waals surface area contributed by atoms with E-state index >= 15 is 0 Å². The van der Waals surface area contributed by atoms with E-state index in [9.17, 15) is 18.0 Å². The summed E-state index contributed by atoms with van der Waals surface area (Å²) in [4.78, 5) is 10.7. The van der Waals surface area contributed by atoms with Gasteiger partial charge in [0.25, 0.3) is 0 Å². The Morgan fingerprint density at radius 1 is 1.50 bits per heavy atom. The van der Waals surface area contributed by atoms with Gasteiger partial charge in [-0.1, -0.05) is 0 Å². The van der Waals surface area contributed by atoms with Gasteiger partial charge in [0.2, 0.25) is 5.91 Å². The van der Waals surface area contributed by atoms with Gasteiger partial charge in [0.1, 0.15) is 0 Å². The highest BCUT2D eigenvalue weighted by Crippen LogP contribution is 2.20. The molecule has 0 aromatic carbocycles. The monoisotopic (exact) mass is 182 g/mol. The molecule has 0 bridgehead atoms. The lowest BCUT2D eigenvalue weighted by molar-refractivity contribution is -0.174. The van der Waals surface area contributed by atoms with Crippen molar-refractivity contribution in [3.63, 3.8) is 0 Å². The van der Waals surface area contributed by atoms with Gasteiger partial charge in [-0.15, -0.1) is 0 Å². The molecule has 1 heterocycles. The molecule has 3 nitrogen and oxygen atoms in total. The number of carbonyl (C=O) groups is 1. The van der Waals surface area contributed by atoms with Gasteiger partial charge in [0.05, 0.1) is 0 Å². The minimum absolute atomic E-state index is 0.0899. The molecule has 0 aromatic rings. The topological polar surface area (TPSA) is 41.1 Å². The highest BCUT2D eigenvalue weighted by atomic mass is 19.4. The number of carbonyl (C=O) groups excluding carboxylic acids is 1. The van der Waals surface area contributed by atoms with Crippen LogP contribution in [0.1, 0.15) is 13.3 Å². The van der Waals surface area contributed by atoms with E-state index < -0.39 is 24.3 Å². The molecule has 0 aromatic heterocycles. The van der Waals surface area contributed by atoms with Crippen LogP contribution in [0.5, 0.6) is 0 Å². The second-order valence-electron chi connectivity index (χ2n) is 2.81. The van der Waals surface area contributed by atoms with Crippen molar-refractivity contribution in [3.8, 4) is 0 Å². The van der Waals surface area contributed by atoms with E-state index in [0.29, 0.717) is 0 Å². The Bertz CT molecular complexity index is 192. The number of hydrogen-bond donors (Lipinski definition) is 2. The lowest BCUT2D eigenvalue weighted by Gasteiger charge is -2.30. The van der Waals surface area contributed by atoms with Gasteiger partial charge in [-0.05, 0) is 6.92 Å². The van der Waals surface area contributed by atoms with E-state index in [2.05, 4.69) is 5.32 Å². The number of halogens is 3. The first-order valence-electron chi connectivity index (χ1n) is 3.51. The summed E-state index contributed by atoms with van der Waals surface area (Å²) >= 11 is 0. The van der Waals surface area contributed by atoms with Crippen molar-refractivity contribution in [2.45, 2.75) is 31.7 Å². The molecular formula is C6H9F3N2O. The van der Waals surface area contributed by atoms with Gasteiger partial charge in [0, 0.05) is 12.5 Å². The van der Waals surface area contributed by atoms with Gasteiger partial charge in [-0.2, -0.15) is 13.2 Å². The molecule has 2 atom stereocenters. The van der Waals surface area contributed by atoms with Crippen LogP contribution >= 0.6 is 0 Å². The molecule has 0 spiro atoms. The SMILES string of the molecule is CC1CC(=O)NC(C(F)(F)F)N1. The Morgan fingerprint density at radius 3 is 2.50 bits per heavy atom. The largest absolute Gasteiger partial charge is 0.422 e. The minimum Gasteiger partial charge on any atom is -0.333 e. The zero-order valence-corrected chi connectivity index (χ0v) is 6.40. The summed E-state index contributed by atoms with van der Waals surface area (Å²) in [5.41, 5.74) is 0. The zero-order chi connectivity index (χ0) is 9.35. The molecule has 2 unspecified atom stereocenters. The van der Waals surface area contributed by atoms with Crippen LogP contribution in [0.15, 0.2) is 0 Å². The normalized spacial score (nSPS) is 31.5. The fourth-order valence-electron chi connectivity index (χ4n) is 1.06. The fraction of sp³-hybridized carbons (Fsp3) is 0.833. The van der Waals surface area contributed by atoms with Crippen LogP contribution in [-0.2, 0) is 4.79 Å². The highest BCUT2D eigenvalue weighted by molar-refractivity contribution is 5.77. The van der Waals surface area contributed by atoms with Gasteiger partial charge in [-0.3, -0.25) is 10.1 Å². The van der Waals surface area contributed by atoms with E-state index in [1.807, 2.05) is 5.32 Å². The molecule has 0 radical (unpaired) electrons. The lowest BCUT2D eigenvalue weighted by Crippen LogP contribution is -2.61. The van der Waals surface area contributed by atoms with Crippen molar-refractivity contribution in [1.29, 1.82) is 0 Å². The second kappa shape index (κ2) is 2.93. The van der Waals surface area contributed by atoms with Gasteiger partial charge >= 0.3 is 6.18 Å². The molecule has 1 amide bonds. The fourth-order valence-corrected chi connectivity index (χ4v) is 1.06. The van der Waals surface area contributed by atoms with Crippen LogP contribution in [0.2, 0.25) is 0 Å². The maximum atomic E-state index is 12.0. The molecule has 0 saturated carbocycles. The Labute approximate surface area is 67.3 Å². The Morgan fingerprint density at radius 2 is 2.08 bits per heavy atom. The first-order chi connectivity index (χ1) is 5.39. The number of alkyl halides is 3. The number of rotatable bonds is 0. The summed E-state index contributed by atoms with van der Waals surface area (Å²) in [7, 11) is 0. The first-order valence-corrected chi connectivity index (χ1v) is 3.51. The summed E-state index contributed by atoms with van der Waals surface area (Å²) in [6.07, 6.45) is -6.22. The molecule has 12 heavy (non-hydrogen) atoms. The Hall–Kier alpha value is -0.780. The third-order valence-electron chi connectivity index (χ3n) is 1.58. The second-order valence-corrected chi connectivity index (χ2v) is 2.81. The Balaban J connectivity index is 2.62. The Kier molecular flexibility index (Phi) is 2.27. The number of nitrogens with one attached hydrogen (secondary N) is 2. The predicted molar refractivity (Wildman–Crippen MR) is 35.2 cm³/mol. The van der Waals surface area contributed by atoms with E-state index in [-0.39, 0.29) is 6.42 Å². The average molecular weight is 182 g/mol. The van der Waals surface area contributed by atoms with Crippen LogP contribution in [0.4, 0.5) is 13.2 Å². The summed E-state index contributed by atoms with van der Waals surface area (Å²) in [5.74, 6) is -0.566. The summed E-state index contributed by atoms with van der Waals surface area (Å²) in [6.45, 7) is 1.54. The summed E-state index contributed by atoms with van der Waals surface area (Å²) in [5, 5.41) is 4.04. The smallest absolute Gasteiger partial charge is 0.333 e. The maximum absolute atomic E-state index is 12.0. The van der Waals surface area contributed by atoms with E-state index in [1.165, 1.54) is 6.92 Å². The maximum Gasteiger partial charge on any atom is 0.422 e.